The minimum absolute atomic E-state index is 0.219. The van der Waals surface area contributed by atoms with Crippen molar-refractivity contribution in [3.63, 3.8) is 0 Å². The van der Waals surface area contributed by atoms with E-state index in [-0.39, 0.29) is 11.3 Å². The molecule has 2 aromatic carbocycles. The summed E-state index contributed by atoms with van der Waals surface area (Å²) in [5, 5.41) is 2.93. The first-order valence-corrected chi connectivity index (χ1v) is 8.35. The van der Waals surface area contributed by atoms with Crippen LogP contribution in [0.2, 0.25) is 0 Å². The lowest BCUT2D eigenvalue weighted by atomic mass is 9.84. The zero-order valence-electron chi connectivity index (χ0n) is 13.9. The maximum Gasteiger partial charge on any atom is 0.337 e. The van der Waals surface area contributed by atoms with Gasteiger partial charge in [-0.25, -0.2) is 4.79 Å². The summed E-state index contributed by atoms with van der Waals surface area (Å²) in [5.74, 6) is -0.678. The highest BCUT2D eigenvalue weighted by Crippen LogP contribution is 2.25. The van der Waals surface area contributed by atoms with E-state index in [1.165, 1.54) is 13.2 Å². The van der Waals surface area contributed by atoms with Crippen LogP contribution in [0, 0.1) is 0 Å². The van der Waals surface area contributed by atoms with Gasteiger partial charge in [0.15, 0.2) is 0 Å². The Balaban J connectivity index is 2.09. The minimum atomic E-state index is -0.459. The molecule has 24 heavy (non-hydrogen) atoms. The number of hydrogen-bond donors (Lipinski definition) is 1. The van der Waals surface area contributed by atoms with E-state index in [9.17, 15) is 9.59 Å². The van der Waals surface area contributed by atoms with Crippen LogP contribution in [0.15, 0.2) is 53.0 Å². The molecule has 2 rings (SSSR count). The van der Waals surface area contributed by atoms with Gasteiger partial charge in [0.05, 0.1) is 12.7 Å². The van der Waals surface area contributed by atoms with Crippen molar-refractivity contribution >= 4 is 27.8 Å². The molecule has 4 nitrogen and oxygen atoms in total. The average Bonchev–Trinajstić information content (AvgIpc) is 2.59. The highest BCUT2D eigenvalue weighted by Gasteiger charge is 2.22. The molecule has 0 spiro atoms. The molecule has 0 saturated heterocycles. The lowest BCUT2D eigenvalue weighted by Gasteiger charge is -2.26. The Morgan fingerprint density at radius 1 is 1.08 bits per heavy atom. The molecule has 5 heteroatoms. The Hall–Kier alpha value is -2.14. The zero-order valence-corrected chi connectivity index (χ0v) is 15.5. The van der Waals surface area contributed by atoms with E-state index in [0.29, 0.717) is 17.7 Å². The number of halogens is 1. The van der Waals surface area contributed by atoms with Crippen molar-refractivity contribution in [2.45, 2.75) is 19.3 Å². The second kappa shape index (κ2) is 7.62. The van der Waals surface area contributed by atoms with Crippen LogP contribution in [0.1, 0.15) is 40.1 Å². The quantitative estimate of drug-likeness (QED) is 0.787. The van der Waals surface area contributed by atoms with Crippen molar-refractivity contribution in [2.24, 2.45) is 0 Å². The Bertz CT molecular complexity index is 756. The van der Waals surface area contributed by atoms with Gasteiger partial charge in [-0.05, 0) is 35.9 Å². The molecule has 0 heterocycles. The van der Waals surface area contributed by atoms with Crippen LogP contribution in [-0.4, -0.2) is 25.5 Å². The molecule has 0 atom stereocenters. The van der Waals surface area contributed by atoms with Gasteiger partial charge < -0.3 is 10.1 Å². The lowest BCUT2D eigenvalue weighted by molar-refractivity contribution is 0.0600. The summed E-state index contributed by atoms with van der Waals surface area (Å²) in [4.78, 5) is 23.9. The summed E-state index contributed by atoms with van der Waals surface area (Å²) in [6.07, 6.45) is 0. The molecular weight excluding hydrogens is 370 g/mol. The first-order chi connectivity index (χ1) is 11.3. The highest BCUT2D eigenvalue weighted by atomic mass is 79.9. The fraction of sp³-hybridized carbons (Fsp3) is 0.263. The monoisotopic (exact) mass is 389 g/mol. The molecule has 0 aliphatic heterocycles. The first kappa shape index (κ1) is 18.2. The summed E-state index contributed by atoms with van der Waals surface area (Å²) in [7, 11) is 1.32. The number of methoxy groups -OCH3 is 1. The van der Waals surface area contributed by atoms with E-state index in [2.05, 4.69) is 39.8 Å². The van der Waals surface area contributed by atoms with Gasteiger partial charge in [0.2, 0.25) is 0 Å². The zero-order chi connectivity index (χ0) is 17.7. The highest BCUT2D eigenvalue weighted by molar-refractivity contribution is 9.10. The van der Waals surface area contributed by atoms with Crippen molar-refractivity contribution < 1.29 is 14.3 Å². The molecule has 0 aliphatic rings. The summed E-state index contributed by atoms with van der Waals surface area (Å²) in [6, 6.07) is 14.5. The Labute approximate surface area is 150 Å². The van der Waals surface area contributed by atoms with E-state index >= 15 is 0 Å². The van der Waals surface area contributed by atoms with Gasteiger partial charge in [-0.15, -0.1) is 0 Å². The SMILES string of the molecule is COC(=O)c1cccc(C(=O)NCC(C)(C)c2cccc(Br)c2)c1. The van der Waals surface area contributed by atoms with Crippen LogP contribution in [0.25, 0.3) is 0 Å². The molecule has 0 aromatic heterocycles. The Morgan fingerprint density at radius 2 is 1.75 bits per heavy atom. The maximum absolute atomic E-state index is 12.4. The molecule has 1 N–H and O–H groups in total. The lowest BCUT2D eigenvalue weighted by Crippen LogP contribution is -2.36. The minimum Gasteiger partial charge on any atom is -0.465 e. The maximum atomic E-state index is 12.4. The number of esters is 1. The Morgan fingerprint density at radius 3 is 2.42 bits per heavy atom. The predicted molar refractivity (Wildman–Crippen MR) is 97.3 cm³/mol. The van der Waals surface area contributed by atoms with Crippen molar-refractivity contribution in [3.8, 4) is 0 Å². The topological polar surface area (TPSA) is 55.4 Å². The number of amides is 1. The second-order valence-corrected chi connectivity index (χ2v) is 7.06. The molecule has 0 unspecified atom stereocenters. The van der Waals surface area contributed by atoms with Gasteiger partial charge >= 0.3 is 5.97 Å². The third-order valence-electron chi connectivity index (χ3n) is 3.84. The number of rotatable bonds is 5. The van der Waals surface area contributed by atoms with Crippen molar-refractivity contribution in [1.82, 2.24) is 5.32 Å². The number of nitrogens with one attached hydrogen (secondary N) is 1. The van der Waals surface area contributed by atoms with E-state index in [1.807, 2.05) is 24.3 Å². The van der Waals surface area contributed by atoms with Crippen molar-refractivity contribution in [3.05, 3.63) is 69.7 Å². The molecule has 0 aliphatic carbocycles. The van der Waals surface area contributed by atoms with Crippen molar-refractivity contribution in [1.29, 1.82) is 0 Å². The summed E-state index contributed by atoms with van der Waals surface area (Å²) in [6.45, 7) is 4.62. The normalized spacial score (nSPS) is 11.0. The van der Waals surface area contributed by atoms with Gasteiger partial charge in [-0.1, -0.05) is 48.0 Å². The first-order valence-electron chi connectivity index (χ1n) is 7.56. The van der Waals surface area contributed by atoms with Crippen LogP contribution in [0.5, 0.6) is 0 Å². The van der Waals surface area contributed by atoms with Gasteiger partial charge in [0, 0.05) is 22.0 Å². The van der Waals surface area contributed by atoms with Crippen molar-refractivity contribution in [2.75, 3.05) is 13.7 Å². The summed E-state index contributed by atoms with van der Waals surface area (Å²) >= 11 is 3.47. The number of ether oxygens (including phenoxy) is 1. The number of hydrogen-bond acceptors (Lipinski definition) is 3. The summed E-state index contributed by atoms with van der Waals surface area (Å²) < 4.78 is 5.68. The Kier molecular flexibility index (Phi) is 5.78. The predicted octanol–water partition coefficient (Wildman–Crippen LogP) is 3.94. The van der Waals surface area contributed by atoms with Gasteiger partial charge in [-0.3, -0.25) is 4.79 Å². The van der Waals surface area contributed by atoms with Crippen LogP contribution in [0.4, 0.5) is 0 Å². The van der Waals surface area contributed by atoms with E-state index < -0.39 is 5.97 Å². The van der Waals surface area contributed by atoms with Crippen LogP contribution >= 0.6 is 15.9 Å². The molecule has 1 amide bonds. The van der Waals surface area contributed by atoms with Crippen LogP contribution < -0.4 is 5.32 Å². The molecule has 2 aromatic rings. The number of carbonyl (C=O) groups is 2. The third-order valence-corrected chi connectivity index (χ3v) is 4.34. The van der Waals surface area contributed by atoms with E-state index in [4.69, 9.17) is 0 Å². The van der Waals surface area contributed by atoms with E-state index in [1.54, 1.807) is 18.2 Å². The number of benzene rings is 2. The smallest absolute Gasteiger partial charge is 0.337 e. The molecule has 126 valence electrons. The summed E-state index contributed by atoms with van der Waals surface area (Å²) in [5.41, 5.74) is 1.69. The fourth-order valence-electron chi connectivity index (χ4n) is 2.32. The second-order valence-electron chi connectivity index (χ2n) is 6.15. The molecule has 0 radical (unpaired) electrons. The molecule has 0 fully saturated rings. The largest absolute Gasteiger partial charge is 0.465 e. The number of carbonyl (C=O) groups excluding carboxylic acids is 2. The van der Waals surface area contributed by atoms with Crippen LogP contribution in [-0.2, 0) is 10.2 Å². The molecule has 0 bridgehead atoms. The van der Waals surface area contributed by atoms with Crippen LogP contribution in [0.3, 0.4) is 0 Å². The fourth-order valence-corrected chi connectivity index (χ4v) is 2.72. The van der Waals surface area contributed by atoms with Gasteiger partial charge in [0.1, 0.15) is 0 Å². The average molecular weight is 390 g/mol. The van der Waals surface area contributed by atoms with Gasteiger partial charge in [0.25, 0.3) is 5.91 Å². The van der Waals surface area contributed by atoms with Gasteiger partial charge in [-0.2, -0.15) is 0 Å². The third kappa shape index (κ3) is 4.45. The van der Waals surface area contributed by atoms with E-state index in [0.717, 1.165) is 10.0 Å². The molecule has 0 saturated carbocycles. The molecular formula is C19H20BrNO3. The standard InChI is InChI=1S/C19H20BrNO3/c1-19(2,15-8-5-9-16(20)11-15)12-21-17(22)13-6-4-7-14(10-13)18(23)24-3/h4-11H,12H2,1-3H3,(H,21,22).